The van der Waals surface area contributed by atoms with Crippen LogP contribution in [0.25, 0.3) is 0 Å². The van der Waals surface area contributed by atoms with E-state index in [1.807, 2.05) is 58.0 Å². The summed E-state index contributed by atoms with van der Waals surface area (Å²) >= 11 is 0. The van der Waals surface area contributed by atoms with Crippen LogP contribution in [0, 0.1) is 13.8 Å². The first-order valence-electron chi connectivity index (χ1n) is 9.19. The van der Waals surface area contributed by atoms with E-state index in [4.69, 9.17) is 9.47 Å². The largest absolute Gasteiger partial charge is 0.490 e. The minimum Gasteiger partial charge on any atom is -0.490 e. The molecule has 140 valence electrons. The zero-order valence-corrected chi connectivity index (χ0v) is 16.4. The van der Waals surface area contributed by atoms with Crippen molar-refractivity contribution in [3.05, 3.63) is 58.7 Å². The van der Waals surface area contributed by atoms with Crippen molar-refractivity contribution in [3.63, 3.8) is 0 Å². The maximum Gasteiger partial charge on any atom is 0.224 e. The maximum atomic E-state index is 12.4. The van der Waals surface area contributed by atoms with Crippen molar-refractivity contribution in [1.29, 1.82) is 0 Å². The minimum atomic E-state index is -0.108. The summed E-state index contributed by atoms with van der Waals surface area (Å²) in [5.74, 6) is 1.45. The first kappa shape index (κ1) is 19.8. The van der Waals surface area contributed by atoms with Crippen LogP contribution >= 0.6 is 0 Å². The van der Waals surface area contributed by atoms with Crippen molar-refractivity contribution in [1.82, 2.24) is 5.32 Å². The molecule has 0 aliphatic heterocycles. The molecule has 0 heterocycles. The monoisotopic (exact) mass is 355 g/mol. The Labute approximate surface area is 156 Å². The van der Waals surface area contributed by atoms with E-state index in [2.05, 4.69) is 18.3 Å². The molecule has 0 aromatic heterocycles. The van der Waals surface area contributed by atoms with Gasteiger partial charge in [0.15, 0.2) is 11.5 Å². The van der Waals surface area contributed by atoms with Crippen LogP contribution in [0.4, 0.5) is 0 Å². The second kappa shape index (κ2) is 9.27. The molecule has 0 saturated carbocycles. The molecular weight excluding hydrogens is 326 g/mol. The third-order valence-electron chi connectivity index (χ3n) is 4.29. The highest BCUT2D eigenvalue weighted by atomic mass is 16.5. The maximum absolute atomic E-state index is 12.4. The SMILES string of the molecule is CCOc1ccc([C@H](C)NC(=O)Cc2ccc(C)cc2C)cc1OCC. The van der Waals surface area contributed by atoms with E-state index in [0.717, 1.165) is 22.4 Å². The van der Waals surface area contributed by atoms with Gasteiger partial charge in [-0.3, -0.25) is 4.79 Å². The minimum absolute atomic E-state index is 0.0105. The molecule has 1 atom stereocenters. The van der Waals surface area contributed by atoms with E-state index >= 15 is 0 Å². The number of amides is 1. The molecular formula is C22H29NO3. The van der Waals surface area contributed by atoms with Gasteiger partial charge >= 0.3 is 0 Å². The van der Waals surface area contributed by atoms with Crippen molar-refractivity contribution in [3.8, 4) is 11.5 Å². The summed E-state index contributed by atoms with van der Waals surface area (Å²) in [5, 5.41) is 3.07. The second-order valence-corrected chi connectivity index (χ2v) is 6.47. The van der Waals surface area contributed by atoms with Crippen LogP contribution in [0.1, 0.15) is 49.1 Å². The van der Waals surface area contributed by atoms with Gasteiger partial charge in [-0.15, -0.1) is 0 Å². The zero-order valence-electron chi connectivity index (χ0n) is 16.4. The summed E-state index contributed by atoms with van der Waals surface area (Å²) in [6.07, 6.45) is 0.381. The fourth-order valence-electron chi connectivity index (χ4n) is 2.93. The van der Waals surface area contributed by atoms with E-state index in [1.54, 1.807) is 0 Å². The first-order valence-corrected chi connectivity index (χ1v) is 9.19. The van der Waals surface area contributed by atoms with E-state index in [9.17, 15) is 4.79 Å². The van der Waals surface area contributed by atoms with Gasteiger partial charge in [-0.25, -0.2) is 0 Å². The third kappa shape index (κ3) is 5.25. The summed E-state index contributed by atoms with van der Waals surface area (Å²) in [5.41, 5.74) is 4.40. The van der Waals surface area contributed by atoms with Crippen LogP contribution < -0.4 is 14.8 Å². The standard InChI is InChI=1S/C22H29NO3/c1-6-25-20-11-10-19(13-21(20)26-7-2)17(5)23-22(24)14-18-9-8-15(3)12-16(18)4/h8-13,17H,6-7,14H2,1-5H3,(H,23,24)/t17-/m0/s1. The van der Waals surface area contributed by atoms with Gasteiger partial charge in [0.05, 0.1) is 25.7 Å². The van der Waals surface area contributed by atoms with Crippen molar-refractivity contribution >= 4 is 5.91 Å². The lowest BCUT2D eigenvalue weighted by Crippen LogP contribution is -2.28. The Bertz CT molecular complexity index is 755. The highest BCUT2D eigenvalue weighted by Crippen LogP contribution is 2.30. The van der Waals surface area contributed by atoms with Gasteiger partial charge in [-0.2, -0.15) is 0 Å². The van der Waals surface area contributed by atoms with Crippen LogP contribution in [0.2, 0.25) is 0 Å². The summed E-state index contributed by atoms with van der Waals surface area (Å²) < 4.78 is 11.3. The van der Waals surface area contributed by atoms with Crippen molar-refractivity contribution in [2.75, 3.05) is 13.2 Å². The molecule has 0 aliphatic rings. The predicted molar refractivity (Wildman–Crippen MR) is 105 cm³/mol. The Morgan fingerprint density at radius 2 is 1.69 bits per heavy atom. The lowest BCUT2D eigenvalue weighted by molar-refractivity contribution is -0.121. The number of aryl methyl sites for hydroxylation is 2. The van der Waals surface area contributed by atoms with Crippen molar-refractivity contribution in [2.24, 2.45) is 0 Å². The summed E-state index contributed by atoms with van der Waals surface area (Å²) in [6.45, 7) is 11.1. The zero-order chi connectivity index (χ0) is 19.1. The molecule has 26 heavy (non-hydrogen) atoms. The molecule has 2 aromatic carbocycles. The molecule has 2 rings (SSSR count). The number of nitrogens with one attached hydrogen (secondary N) is 1. The van der Waals surface area contributed by atoms with Gasteiger partial charge in [0, 0.05) is 0 Å². The smallest absolute Gasteiger partial charge is 0.224 e. The van der Waals surface area contributed by atoms with E-state index in [1.165, 1.54) is 5.56 Å². The molecule has 0 radical (unpaired) electrons. The lowest BCUT2D eigenvalue weighted by atomic mass is 10.0. The van der Waals surface area contributed by atoms with Crippen molar-refractivity contribution < 1.29 is 14.3 Å². The molecule has 4 nitrogen and oxygen atoms in total. The summed E-state index contributed by atoms with van der Waals surface area (Å²) in [4.78, 5) is 12.4. The van der Waals surface area contributed by atoms with Gasteiger partial charge in [-0.1, -0.05) is 29.8 Å². The molecule has 0 spiro atoms. The fraction of sp³-hybridized carbons (Fsp3) is 0.409. The normalized spacial score (nSPS) is 11.7. The third-order valence-corrected chi connectivity index (χ3v) is 4.29. The number of hydrogen-bond donors (Lipinski definition) is 1. The van der Waals surface area contributed by atoms with Crippen LogP contribution in [0.5, 0.6) is 11.5 Å². The number of rotatable bonds is 8. The quantitative estimate of drug-likeness (QED) is 0.757. The van der Waals surface area contributed by atoms with Crippen LogP contribution in [0.3, 0.4) is 0 Å². The Morgan fingerprint density at radius 1 is 1.00 bits per heavy atom. The molecule has 0 unspecified atom stereocenters. The number of ether oxygens (including phenoxy) is 2. The highest BCUT2D eigenvalue weighted by Gasteiger charge is 2.14. The van der Waals surface area contributed by atoms with Crippen LogP contribution in [-0.2, 0) is 11.2 Å². The van der Waals surface area contributed by atoms with E-state index in [0.29, 0.717) is 25.4 Å². The predicted octanol–water partition coefficient (Wildman–Crippen LogP) is 4.52. The topological polar surface area (TPSA) is 47.6 Å². The van der Waals surface area contributed by atoms with Gasteiger partial charge in [0.25, 0.3) is 0 Å². The number of carbonyl (C=O) groups is 1. The Morgan fingerprint density at radius 3 is 2.35 bits per heavy atom. The lowest BCUT2D eigenvalue weighted by Gasteiger charge is -2.18. The molecule has 0 bridgehead atoms. The number of hydrogen-bond acceptors (Lipinski definition) is 3. The summed E-state index contributed by atoms with van der Waals surface area (Å²) in [7, 11) is 0. The summed E-state index contributed by atoms with van der Waals surface area (Å²) in [6, 6.07) is 11.9. The Hall–Kier alpha value is -2.49. The van der Waals surface area contributed by atoms with Crippen LogP contribution in [-0.4, -0.2) is 19.1 Å². The van der Waals surface area contributed by atoms with Gasteiger partial charge in [0.2, 0.25) is 5.91 Å². The molecule has 1 amide bonds. The number of benzene rings is 2. The molecule has 4 heteroatoms. The van der Waals surface area contributed by atoms with Crippen LogP contribution in [0.15, 0.2) is 36.4 Å². The molecule has 0 saturated heterocycles. The van der Waals surface area contributed by atoms with E-state index < -0.39 is 0 Å². The first-order chi connectivity index (χ1) is 12.4. The average Bonchev–Trinajstić information content (AvgIpc) is 2.59. The average molecular weight is 355 g/mol. The van der Waals surface area contributed by atoms with Gasteiger partial charge < -0.3 is 14.8 Å². The fourth-order valence-corrected chi connectivity index (χ4v) is 2.93. The van der Waals surface area contributed by atoms with Gasteiger partial charge in [-0.05, 0) is 63.4 Å². The van der Waals surface area contributed by atoms with Crippen molar-refractivity contribution in [2.45, 2.75) is 47.1 Å². The molecule has 0 fully saturated rings. The Balaban J connectivity index is 2.07. The molecule has 0 aliphatic carbocycles. The Kier molecular flexibility index (Phi) is 7.07. The molecule has 1 N–H and O–H groups in total. The second-order valence-electron chi connectivity index (χ2n) is 6.47. The molecule has 2 aromatic rings. The highest BCUT2D eigenvalue weighted by molar-refractivity contribution is 5.79. The number of carbonyl (C=O) groups excluding carboxylic acids is 1. The van der Waals surface area contributed by atoms with E-state index in [-0.39, 0.29) is 11.9 Å². The van der Waals surface area contributed by atoms with Gasteiger partial charge in [0.1, 0.15) is 0 Å².